The number of nitrogens with two attached hydrogens (primary N) is 1. The van der Waals surface area contributed by atoms with Crippen molar-refractivity contribution in [3.63, 3.8) is 0 Å². The number of nitrogen functional groups attached to an aromatic ring is 1. The van der Waals surface area contributed by atoms with Crippen LogP contribution in [0, 0.1) is 6.92 Å². The summed E-state index contributed by atoms with van der Waals surface area (Å²) in [6.45, 7) is 2.62. The maximum atomic E-state index is 5.93. The molecular formula is C17H18N2O. The molecular weight excluding hydrogens is 248 g/mol. The zero-order chi connectivity index (χ0) is 14.1. The van der Waals surface area contributed by atoms with Crippen LogP contribution < -0.4 is 10.5 Å². The predicted octanol–water partition coefficient (Wildman–Crippen LogP) is 3.65. The van der Waals surface area contributed by atoms with Crippen molar-refractivity contribution >= 4 is 16.6 Å². The minimum Gasteiger partial charge on any atom is -0.489 e. The van der Waals surface area contributed by atoms with Crippen LogP contribution in [0.3, 0.4) is 0 Å². The van der Waals surface area contributed by atoms with Gasteiger partial charge in [0.1, 0.15) is 12.4 Å². The second-order valence-corrected chi connectivity index (χ2v) is 5.10. The molecule has 0 saturated heterocycles. The monoisotopic (exact) mass is 266 g/mol. The van der Waals surface area contributed by atoms with Gasteiger partial charge in [-0.15, -0.1) is 0 Å². The van der Waals surface area contributed by atoms with Gasteiger partial charge in [0.2, 0.25) is 0 Å². The summed E-state index contributed by atoms with van der Waals surface area (Å²) < 4.78 is 8.02. The zero-order valence-corrected chi connectivity index (χ0v) is 11.8. The lowest BCUT2D eigenvalue weighted by atomic mass is 10.1. The summed E-state index contributed by atoms with van der Waals surface area (Å²) in [6, 6.07) is 14.0. The molecule has 0 aliphatic heterocycles. The van der Waals surface area contributed by atoms with Gasteiger partial charge in [-0.3, -0.25) is 0 Å². The van der Waals surface area contributed by atoms with Crippen molar-refractivity contribution in [1.29, 1.82) is 0 Å². The quantitative estimate of drug-likeness (QED) is 0.735. The highest BCUT2D eigenvalue weighted by molar-refractivity contribution is 5.86. The number of aromatic nitrogens is 1. The molecule has 0 amide bonds. The smallest absolute Gasteiger partial charge is 0.122 e. The summed E-state index contributed by atoms with van der Waals surface area (Å²) >= 11 is 0. The molecule has 1 heterocycles. The van der Waals surface area contributed by atoms with Gasteiger partial charge in [-0.05, 0) is 30.7 Å². The van der Waals surface area contributed by atoms with E-state index in [1.54, 1.807) is 0 Å². The Hall–Kier alpha value is -2.42. The van der Waals surface area contributed by atoms with Crippen LogP contribution in [0.2, 0.25) is 0 Å². The van der Waals surface area contributed by atoms with E-state index in [4.69, 9.17) is 10.5 Å². The molecule has 0 unspecified atom stereocenters. The van der Waals surface area contributed by atoms with Crippen LogP contribution in [-0.2, 0) is 13.7 Å². The highest BCUT2D eigenvalue weighted by Crippen LogP contribution is 2.25. The van der Waals surface area contributed by atoms with E-state index < -0.39 is 0 Å². The molecule has 2 aromatic carbocycles. The average molecular weight is 266 g/mol. The standard InChI is InChI=1S/C17H18N2O/c1-12-5-3-4-6-17(12)20-11-13-10-19(2)16-9-14(18)7-8-15(13)16/h3-10H,11,18H2,1-2H3. The summed E-state index contributed by atoms with van der Waals surface area (Å²) in [5, 5.41) is 1.19. The van der Waals surface area contributed by atoms with Crippen LogP contribution in [0.15, 0.2) is 48.7 Å². The number of benzene rings is 2. The first kappa shape index (κ1) is 12.6. The van der Waals surface area contributed by atoms with Gasteiger partial charge < -0.3 is 15.0 Å². The van der Waals surface area contributed by atoms with Crippen LogP contribution in [0.5, 0.6) is 5.75 Å². The number of nitrogens with zero attached hydrogens (tertiary/aromatic N) is 1. The summed E-state index contributed by atoms with van der Waals surface area (Å²) in [7, 11) is 2.03. The van der Waals surface area contributed by atoms with E-state index in [9.17, 15) is 0 Å². The number of anilines is 1. The first-order chi connectivity index (χ1) is 9.65. The Morgan fingerprint density at radius 2 is 1.95 bits per heavy atom. The highest BCUT2D eigenvalue weighted by atomic mass is 16.5. The molecule has 0 atom stereocenters. The molecule has 3 nitrogen and oxygen atoms in total. The van der Waals surface area contributed by atoms with Gasteiger partial charge in [0.15, 0.2) is 0 Å². The van der Waals surface area contributed by atoms with E-state index in [-0.39, 0.29) is 0 Å². The zero-order valence-electron chi connectivity index (χ0n) is 11.8. The number of hydrogen-bond donors (Lipinski definition) is 1. The first-order valence-corrected chi connectivity index (χ1v) is 6.67. The van der Waals surface area contributed by atoms with Crippen molar-refractivity contribution in [3.05, 3.63) is 59.8 Å². The third-order valence-corrected chi connectivity index (χ3v) is 3.57. The predicted molar refractivity (Wildman–Crippen MR) is 82.8 cm³/mol. The molecule has 2 N–H and O–H groups in total. The molecule has 3 rings (SSSR count). The fourth-order valence-corrected chi connectivity index (χ4v) is 2.47. The molecule has 20 heavy (non-hydrogen) atoms. The fraction of sp³-hybridized carbons (Fsp3) is 0.176. The second-order valence-electron chi connectivity index (χ2n) is 5.10. The number of hydrogen-bond acceptors (Lipinski definition) is 2. The van der Waals surface area contributed by atoms with Crippen molar-refractivity contribution < 1.29 is 4.74 Å². The number of fused-ring (bicyclic) bond motifs is 1. The Morgan fingerprint density at radius 3 is 2.75 bits per heavy atom. The van der Waals surface area contributed by atoms with E-state index in [1.807, 2.05) is 37.4 Å². The maximum absolute atomic E-state index is 5.93. The molecule has 0 bridgehead atoms. The summed E-state index contributed by atoms with van der Waals surface area (Å²) in [5.74, 6) is 0.931. The summed E-state index contributed by atoms with van der Waals surface area (Å²) in [4.78, 5) is 0. The molecule has 0 aliphatic rings. The third-order valence-electron chi connectivity index (χ3n) is 3.57. The van der Waals surface area contributed by atoms with E-state index in [2.05, 4.69) is 29.8 Å². The lowest BCUT2D eigenvalue weighted by Crippen LogP contribution is -1.96. The lowest BCUT2D eigenvalue weighted by molar-refractivity contribution is 0.305. The van der Waals surface area contributed by atoms with Crippen molar-refractivity contribution in [2.75, 3.05) is 5.73 Å². The van der Waals surface area contributed by atoms with Gasteiger partial charge in [0.05, 0.1) is 5.52 Å². The van der Waals surface area contributed by atoms with Crippen LogP contribution in [0.1, 0.15) is 11.1 Å². The minimum atomic E-state index is 0.562. The largest absolute Gasteiger partial charge is 0.489 e. The second kappa shape index (κ2) is 4.93. The lowest BCUT2D eigenvalue weighted by Gasteiger charge is -2.08. The van der Waals surface area contributed by atoms with Gasteiger partial charge in [0.25, 0.3) is 0 Å². The minimum absolute atomic E-state index is 0.562. The Balaban J connectivity index is 1.90. The Kier molecular flexibility index (Phi) is 3.11. The molecule has 3 heteroatoms. The van der Waals surface area contributed by atoms with Crippen molar-refractivity contribution in [3.8, 4) is 5.75 Å². The third kappa shape index (κ3) is 2.23. The molecule has 102 valence electrons. The van der Waals surface area contributed by atoms with Gasteiger partial charge in [0, 0.05) is 29.9 Å². The number of aryl methyl sites for hydroxylation is 2. The van der Waals surface area contributed by atoms with Crippen molar-refractivity contribution in [2.45, 2.75) is 13.5 Å². The molecule has 0 fully saturated rings. The first-order valence-electron chi connectivity index (χ1n) is 6.67. The normalized spacial score (nSPS) is 10.9. The Bertz CT molecular complexity index is 759. The number of ether oxygens (including phenoxy) is 1. The van der Waals surface area contributed by atoms with Gasteiger partial charge >= 0.3 is 0 Å². The molecule has 3 aromatic rings. The van der Waals surface area contributed by atoms with Gasteiger partial charge in [-0.2, -0.15) is 0 Å². The summed E-state index contributed by atoms with van der Waals surface area (Å²) in [5.41, 5.74) is 10.1. The maximum Gasteiger partial charge on any atom is 0.122 e. The number of rotatable bonds is 3. The van der Waals surface area contributed by atoms with E-state index in [1.165, 1.54) is 10.9 Å². The SMILES string of the molecule is Cc1ccccc1OCc1cn(C)c2cc(N)ccc12. The van der Waals surface area contributed by atoms with Crippen LogP contribution in [0.25, 0.3) is 10.9 Å². The van der Waals surface area contributed by atoms with Crippen LogP contribution >= 0.6 is 0 Å². The van der Waals surface area contributed by atoms with E-state index in [0.29, 0.717) is 6.61 Å². The average Bonchev–Trinajstić information content (AvgIpc) is 2.74. The van der Waals surface area contributed by atoms with Crippen LogP contribution in [-0.4, -0.2) is 4.57 Å². The highest BCUT2D eigenvalue weighted by Gasteiger charge is 2.08. The van der Waals surface area contributed by atoms with Crippen molar-refractivity contribution in [2.24, 2.45) is 7.05 Å². The number of para-hydroxylation sites is 1. The Morgan fingerprint density at radius 1 is 1.15 bits per heavy atom. The van der Waals surface area contributed by atoms with E-state index >= 15 is 0 Å². The van der Waals surface area contributed by atoms with Crippen molar-refractivity contribution in [1.82, 2.24) is 4.57 Å². The van der Waals surface area contributed by atoms with Crippen LogP contribution in [0.4, 0.5) is 5.69 Å². The molecule has 0 saturated carbocycles. The topological polar surface area (TPSA) is 40.2 Å². The fourth-order valence-electron chi connectivity index (χ4n) is 2.47. The Labute approximate surface area is 118 Å². The molecule has 1 aromatic heterocycles. The van der Waals surface area contributed by atoms with Gasteiger partial charge in [-0.25, -0.2) is 0 Å². The molecule has 0 aliphatic carbocycles. The summed E-state index contributed by atoms with van der Waals surface area (Å²) in [6.07, 6.45) is 2.10. The molecule has 0 spiro atoms. The molecule has 0 radical (unpaired) electrons. The van der Waals surface area contributed by atoms with E-state index in [0.717, 1.165) is 22.5 Å². The van der Waals surface area contributed by atoms with Gasteiger partial charge in [-0.1, -0.05) is 24.3 Å².